The Kier molecular flexibility index (Phi) is 4.54. The molecule has 3 aromatic rings. The van der Waals surface area contributed by atoms with E-state index >= 15 is 0 Å². The van der Waals surface area contributed by atoms with E-state index in [1.54, 1.807) is 24.3 Å². The molecule has 0 spiro atoms. The molecule has 156 valence electrons. The molecule has 0 N–H and O–H groups in total. The number of ether oxygens (including phenoxy) is 1. The Morgan fingerprint density at radius 3 is 2.39 bits per heavy atom. The van der Waals surface area contributed by atoms with Crippen LogP contribution < -0.4 is 9.64 Å². The van der Waals surface area contributed by atoms with Crippen molar-refractivity contribution in [2.45, 2.75) is 24.9 Å². The van der Waals surface area contributed by atoms with E-state index in [1.165, 1.54) is 5.56 Å². The Morgan fingerprint density at radius 2 is 1.68 bits per heavy atom. The normalized spacial score (nSPS) is 21.9. The molecular weight excluding hydrogens is 386 g/mol. The van der Waals surface area contributed by atoms with Crippen molar-refractivity contribution in [1.29, 1.82) is 0 Å². The van der Waals surface area contributed by atoms with Gasteiger partial charge in [0.2, 0.25) is 0 Å². The average molecular weight is 412 g/mol. The summed E-state index contributed by atoms with van der Waals surface area (Å²) in [6, 6.07) is 25.8. The molecule has 0 aliphatic carbocycles. The van der Waals surface area contributed by atoms with Gasteiger partial charge in [0.05, 0.1) is 12.8 Å². The van der Waals surface area contributed by atoms with Crippen LogP contribution in [-0.4, -0.2) is 37.0 Å². The SMILES string of the molecule is COc1ccc(C(=O)N2N=C(c3ccccc3)C[C@]3(C)c4ccccc4N(C)[C@H]23)cc1. The van der Waals surface area contributed by atoms with Crippen molar-refractivity contribution >= 4 is 17.3 Å². The van der Waals surface area contributed by atoms with Gasteiger partial charge < -0.3 is 9.64 Å². The second kappa shape index (κ2) is 7.27. The molecule has 3 aromatic carbocycles. The topological polar surface area (TPSA) is 45.1 Å². The van der Waals surface area contributed by atoms with Gasteiger partial charge in [-0.1, -0.05) is 55.5 Å². The van der Waals surface area contributed by atoms with Gasteiger partial charge in [-0.25, -0.2) is 5.01 Å². The molecule has 0 saturated heterocycles. The lowest BCUT2D eigenvalue weighted by molar-refractivity contribution is 0.0581. The molecule has 2 heterocycles. The number of anilines is 1. The number of hydrogen-bond donors (Lipinski definition) is 0. The molecule has 5 nitrogen and oxygen atoms in total. The van der Waals surface area contributed by atoms with E-state index in [-0.39, 0.29) is 17.5 Å². The van der Waals surface area contributed by atoms with Crippen molar-refractivity contribution in [1.82, 2.24) is 5.01 Å². The first-order valence-electron chi connectivity index (χ1n) is 10.5. The second-order valence-electron chi connectivity index (χ2n) is 8.39. The lowest BCUT2D eigenvalue weighted by Crippen LogP contribution is -2.57. The van der Waals surface area contributed by atoms with Gasteiger partial charge in [0.15, 0.2) is 0 Å². The van der Waals surface area contributed by atoms with Crippen molar-refractivity contribution in [2.24, 2.45) is 5.10 Å². The summed E-state index contributed by atoms with van der Waals surface area (Å²) in [5.41, 5.74) is 4.67. The van der Waals surface area contributed by atoms with Crippen molar-refractivity contribution in [3.05, 3.63) is 95.6 Å². The first-order valence-corrected chi connectivity index (χ1v) is 10.5. The molecule has 5 rings (SSSR count). The maximum atomic E-state index is 13.7. The highest BCUT2D eigenvalue weighted by atomic mass is 16.5. The second-order valence-corrected chi connectivity index (χ2v) is 8.39. The third-order valence-electron chi connectivity index (χ3n) is 6.48. The largest absolute Gasteiger partial charge is 0.497 e. The number of hydrazone groups is 1. The van der Waals surface area contributed by atoms with Crippen molar-refractivity contribution in [3.63, 3.8) is 0 Å². The van der Waals surface area contributed by atoms with E-state index in [2.05, 4.69) is 42.2 Å². The molecule has 1 amide bonds. The molecular formula is C26H25N3O2. The highest BCUT2D eigenvalue weighted by Gasteiger charge is 2.53. The smallest absolute Gasteiger partial charge is 0.276 e. The summed E-state index contributed by atoms with van der Waals surface area (Å²) < 4.78 is 5.25. The summed E-state index contributed by atoms with van der Waals surface area (Å²) in [7, 11) is 3.67. The van der Waals surface area contributed by atoms with E-state index in [1.807, 2.05) is 43.4 Å². The zero-order chi connectivity index (χ0) is 21.6. The molecule has 5 heteroatoms. The Hall–Kier alpha value is -3.60. The van der Waals surface area contributed by atoms with Crippen LogP contribution >= 0.6 is 0 Å². The number of methoxy groups -OCH3 is 1. The minimum absolute atomic E-state index is 0.119. The Balaban J connectivity index is 1.64. The first-order chi connectivity index (χ1) is 15.0. The maximum Gasteiger partial charge on any atom is 0.276 e. The molecule has 0 fully saturated rings. The maximum absolute atomic E-state index is 13.7. The molecule has 0 unspecified atom stereocenters. The van der Waals surface area contributed by atoms with Crippen LogP contribution in [0.1, 0.15) is 34.8 Å². The van der Waals surface area contributed by atoms with Crippen LogP contribution in [0.5, 0.6) is 5.75 Å². The van der Waals surface area contributed by atoms with Crippen molar-refractivity contribution < 1.29 is 9.53 Å². The molecule has 31 heavy (non-hydrogen) atoms. The fourth-order valence-electron chi connectivity index (χ4n) is 4.96. The standard InChI is InChI=1S/C26H25N3O2/c1-26-17-22(18-9-5-4-6-10-18)27-29(24(30)19-13-15-20(31-3)16-14-19)25(26)28(2)23-12-8-7-11-21(23)26/h4-16,25H,17H2,1-3H3/t25-,26-/m1/s1. The average Bonchev–Trinajstić information content (AvgIpc) is 3.06. The Bertz CT molecular complexity index is 1160. The van der Waals surface area contributed by atoms with Gasteiger partial charge in [-0.3, -0.25) is 4.79 Å². The monoisotopic (exact) mass is 411 g/mol. The van der Waals surface area contributed by atoms with Crippen LogP contribution in [-0.2, 0) is 5.41 Å². The number of rotatable bonds is 3. The minimum atomic E-state index is -0.277. The van der Waals surface area contributed by atoms with Crippen LogP contribution in [0.2, 0.25) is 0 Å². The van der Waals surface area contributed by atoms with Gasteiger partial charge in [-0.15, -0.1) is 0 Å². The number of likely N-dealkylation sites (N-methyl/N-ethyl adjacent to an activating group) is 1. The van der Waals surface area contributed by atoms with E-state index in [0.717, 1.165) is 29.1 Å². The zero-order valence-electron chi connectivity index (χ0n) is 17.9. The number of carbonyl (C=O) groups excluding carboxylic acids is 1. The van der Waals surface area contributed by atoms with Gasteiger partial charge >= 0.3 is 0 Å². The van der Waals surface area contributed by atoms with Crippen LogP contribution in [0.25, 0.3) is 0 Å². The molecule has 2 aliphatic heterocycles. The highest BCUT2D eigenvalue weighted by Crippen LogP contribution is 2.50. The number of nitrogens with zero attached hydrogens (tertiary/aromatic N) is 3. The fraction of sp³-hybridized carbons (Fsp3) is 0.231. The fourth-order valence-corrected chi connectivity index (χ4v) is 4.96. The van der Waals surface area contributed by atoms with Crippen molar-refractivity contribution in [3.8, 4) is 5.75 Å². The van der Waals surface area contributed by atoms with Gasteiger partial charge in [-0.05, 0) is 41.5 Å². The Labute approximate surface area is 182 Å². The van der Waals surface area contributed by atoms with Crippen molar-refractivity contribution in [2.75, 3.05) is 19.1 Å². The summed E-state index contributed by atoms with van der Waals surface area (Å²) in [5, 5.41) is 6.59. The summed E-state index contributed by atoms with van der Waals surface area (Å²) >= 11 is 0. The summed E-state index contributed by atoms with van der Waals surface area (Å²) in [6.45, 7) is 2.24. The summed E-state index contributed by atoms with van der Waals surface area (Å²) in [6.07, 6.45) is 0.557. The lowest BCUT2D eigenvalue weighted by atomic mass is 9.75. The predicted molar refractivity (Wildman–Crippen MR) is 123 cm³/mol. The van der Waals surface area contributed by atoms with Gasteiger partial charge in [0.1, 0.15) is 11.9 Å². The molecule has 0 saturated carbocycles. The number of benzene rings is 3. The van der Waals surface area contributed by atoms with E-state index in [4.69, 9.17) is 9.84 Å². The minimum Gasteiger partial charge on any atom is -0.497 e. The summed E-state index contributed by atoms with van der Waals surface area (Å²) in [5.74, 6) is 0.602. The van der Waals surface area contributed by atoms with Crippen LogP contribution in [0.15, 0.2) is 84.0 Å². The number of para-hydroxylation sites is 1. The van der Waals surface area contributed by atoms with E-state index in [9.17, 15) is 4.79 Å². The van der Waals surface area contributed by atoms with Crippen LogP contribution in [0.4, 0.5) is 5.69 Å². The highest BCUT2D eigenvalue weighted by molar-refractivity contribution is 6.04. The lowest BCUT2D eigenvalue weighted by Gasteiger charge is -2.44. The number of fused-ring (bicyclic) bond motifs is 3. The molecule has 0 aromatic heterocycles. The number of amides is 1. The first kappa shape index (κ1) is 19.4. The quantitative estimate of drug-likeness (QED) is 0.629. The summed E-state index contributed by atoms with van der Waals surface area (Å²) in [4.78, 5) is 15.9. The van der Waals surface area contributed by atoms with E-state index in [0.29, 0.717) is 5.56 Å². The van der Waals surface area contributed by atoms with Gasteiger partial charge in [-0.2, -0.15) is 5.10 Å². The predicted octanol–water partition coefficient (Wildman–Crippen LogP) is 4.68. The number of carbonyl (C=O) groups is 1. The third kappa shape index (κ3) is 3.00. The third-order valence-corrected chi connectivity index (χ3v) is 6.48. The molecule has 2 atom stereocenters. The Morgan fingerprint density at radius 1 is 1.00 bits per heavy atom. The van der Waals surface area contributed by atoms with Crippen LogP contribution in [0.3, 0.4) is 0 Å². The molecule has 0 bridgehead atoms. The van der Waals surface area contributed by atoms with Crippen LogP contribution in [0, 0.1) is 0 Å². The van der Waals surface area contributed by atoms with Gasteiger partial charge in [0.25, 0.3) is 5.91 Å². The van der Waals surface area contributed by atoms with E-state index < -0.39 is 0 Å². The van der Waals surface area contributed by atoms with Gasteiger partial charge in [0, 0.05) is 30.1 Å². The number of hydrogen-bond acceptors (Lipinski definition) is 4. The molecule has 0 radical (unpaired) electrons. The molecule has 2 aliphatic rings. The zero-order valence-corrected chi connectivity index (χ0v) is 17.9.